The van der Waals surface area contributed by atoms with Gasteiger partial charge in [0.2, 0.25) is 0 Å². The molecule has 0 radical (unpaired) electrons. The minimum atomic E-state index is -1.03. The molecule has 0 fully saturated rings. The van der Waals surface area contributed by atoms with Crippen LogP contribution in [0.3, 0.4) is 0 Å². The lowest BCUT2D eigenvalue weighted by Crippen LogP contribution is -2.40. The Kier molecular flexibility index (Phi) is 5.27. The van der Waals surface area contributed by atoms with E-state index >= 15 is 0 Å². The Morgan fingerprint density at radius 3 is 2.61 bits per heavy atom. The second-order valence-corrected chi connectivity index (χ2v) is 4.99. The molecule has 0 aliphatic carbocycles. The van der Waals surface area contributed by atoms with Gasteiger partial charge in [0.25, 0.3) is 5.91 Å². The maximum Gasteiger partial charge on any atom is 0.323 e. The van der Waals surface area contributed by atoms with Crippen molar-refractivity contribution in [3.63, 3.8) is 0 Å². The van der Waals surface area contributed by atoms with E-state index in [1.54, 1.807) is 37.7 Å². The molecule has 0 saturated heterocycles. The van der Waals surface area contributed by atoms with Gasteiger partial charge in [-0.3, -0.25) is 9.59 Å². The molecule has 0 aromatic carbocycles. The molecule has 0 aliphatic rings. The van der Waals surface area contributed by atoms with Gasteiger partial charge < -0.3 is 14.4 Å². The molecule has 0 spiro atoms. The third-order valence-corrected chi connectivity index (χ3v) is 2.92. The van der Waals surface area contributed by atoms with Crippen molar-refractivity contribution in [2.75, 3.05) is 12.8 Å². The van der Waals surface area contributed by atoms with Crippen LogP contribution in [0.1, 0.15) is 30.2 Å². The molecule has 0 unspecified atom stereocenters. The van der Waals surface area contributed by atoms with Gasteiger partial charge in [0.15, 0.2) is 5.76 Å². The second kappa shape index (κ2) is 6.49. The monoisotopic (exact) mass is 271 g/mol. The van der Waals surface area contributed by atoms with E-state index in [4.69, 9.17) is 9.52 Å². The zero-order valence-corrected chi connectivity index (χ0v) is 11.5. The number of hydrogen-bond donors (Lipinski definition) is 1. The van der Waals surface area contributed by atoms with Crippen molar-refractivity contribution >= 4 is 23.6 Å². The fraction of sp³-hybridized carbons (Fsp3) is 0.500. The number of thioether (sulfide) groups is 1. The first-order valence-corrected chi connectivity index (χ1v) is 6.95. The lowest BCUT2D eigenvalue weighted by Gasteiger charge is -2.23. The molecular weight excluding hydrogens is 254 g/mol. The third-order valence-electron chi connectivity index (χ3n) is 2.35. The number of carboxylic acids is 1. The highest BCUT2D eigenvalue weighted by Crippen LogP contribution is 2.16. The average molecular weight is 271 g/mol. The maximum atomic E-state index is 12.1. The summed E-state index contributed by atoms with van der Waals surface area (Å²) in [6.07, 6.45) is 1.94. The number of aliphatic carboxylic acids is 1. The first kappa shape index (κ1) is 14.6. The van der Waals surface area contributed by atoms with Crippen LogP contribution in [0.5, 0.6) is 0 Å². The summed E-state index contributed by atoms with van der Waals surface area (Å²) in [5, 5.41) is 8.79. The molecule has 100 valence electrons. The Morgan fingerprint density at radius 2 is 2.11 bits per heavy atom. The maximum absolute atomic E-state index is 12.1. The van der Waals surface area contributed by atoms with Crippen molar-refractivity contribution in [3.8, 4) is 0 Å². The topological polar surface area (TPSA) is 70.8 Å². The summed E-state index contributed by atoms with van der Waals surface area (Å²) in [4.78, 5) is 24.1. The van der Waals surface area contributed by atoms with Crippen LogP contribution in [-0.2, 0) is 10.5 Å². The number of carbonyl (C=O) groups is 2. The Balaban J connectivity index is 2.84. The highest BCUT2D eigenvalue weighted by Gasteiger charge is 2.23. The molecule has 0 bridgehead atoms. The first-order chi connectivity index (χ1) is 8.45. The van der Waals surface area contributed by atoms with Crippen LogP contribution < -0.4 is 0 Å². The van der Waals surface area contributed by atoms with Gasteiger partial charge in [-0.2, -0.15) is 11.8 Å². The van der Waals surface area contributed by atoms with E-state index in [2.05, 4.69) is 0 Å². The summed E-state index contributed by atoms with van der Waals surface area (Å²) in [5.74, 6) is 0.167. The number of amides is 1. The summed E-state index contributed by atoms with van der Waals surface area (Å²) in [7, 11) is 0. The third kappa shape index (κ3) is 3.80. The lowest BCUT2D eigenvalue weighted by molar-refractivity contribution is -0.138. The molecule has 1 aromatic rings. The number of hydrogen-bond acceptors (Lipinski definition) is 4. The summed E-state index contributed by atoms with van der Waals surface area (Å²) in [6, 6.07) is 3.14. The zero-order valence-electron chi connectivity index (χ0n) is 10.7. The van der Waals surface area contributed by atoms with Gasteiger partial charge in [0, 0.05) is 6.04 Å². The minimum absolute atomic E-state index is 0.189. The molecule has 1 heterocycles. The van der Waals surface area contributed by atoms with Crippen LogP contribution >= 0.6 is 11.8 Å². The van der Waals surface area contributed by atoms with Gasteiger partial charge >= 0.3 is 5.97 Å². The molecular formula is C12H17NO4S. The molecule has 0 saturated carbocycles. The molecule has 1 N–H and O–H groups in total. The van der Waals surface area contributed by atoms with Gasteiger partial charge in [0.05, 0.1) is 5.75 Å². The number of carbonyl (C=O) groups excluding carboxylic acids is 1. The van der Waals surface area contributed by atoms with Gasteiger partial charge in [-0.15, -0.1) is 0 Å². The Hall–Kier alpha value is -1.43. The average Bonchev–Trinajstić information content (AvgIpc) is 2.73. The lowest BCUT2D eigenvalue weighted by atomic mass is 10.3. The molecule has 0 atom stereocenters. The van der Waals surface area contributed by atoms with Crippen LogP contribution in [0.25, 0.3) is 0 Å². The van der Waals surface area contributed by atoms with Crippen molar-refractivity contribution in [2.24, 2.45) is 0 Å². The SMILES string of the molecule is CSCc1ccc(C(=O)N(CC(=O)O)C(C)C)o1. The number of carboxylic acid groups (broad SMARTS) is 1. The summed E-state index contributed by atoms with van der Waals surface area (Å²) in [6.45, 7) is 3.22. The largest absolute Gasteiger partial charge is 0.480 e. The van der Waals surface area contributed by atoms with Crippen LogP contribution in [0, 0.1) is 0 Å². The quantitative estimate of drug-likeness (QED) is 0.857. The first-order valence-electron chi connectivity index (χ1n) is 5.56. The van der Waals surface area contributed by atoms with Gasteiger partial charge in [-0.25, -0.2) is 0 Å². The van der Waals surface area contributed by atoms with Gasteiger partial charge in [0.1, 0.15) is 12.3 Å². The van der Waals surface area contributed by atoms with Crippen molar-refractivity contribution in [3.05, 3.63) is 23.7 Å². The summed E-state index contributed by atoms with van der Waals surface area (Å²) >= 11 is 1.59. The van der Waals surface area contributed by atoms with E-state index in [0.29, 0.717) is 11.5 Å². The highest BCUT2D eigenvalue weighted by molar-refractivity contribution is 7.97. The zero-order chi connectivity index (χ0) is 13.7. The van der Waals surface area contributed by atoms with E-state index in [1.807, 2.05) is 6.26 Å². The molecule has 18 heavy (non-hydrogen) atoms. The predicted octanol–water partition coefficient (Wildman–Crippen LogP) is 2.08. The van der Waals surface area contributed by atoms with Crippen molar-refractivity contribution < 1.29 is 19.1 Å². The van der Waals surface area contributed by atoms with Crippen molar-refractivity contribution in [1.29, 1.82) is 0 Å². The van der Waals surface area contributed by atoms with Crippen LogP contribution in [0.2, 0.25) is 0 Å². The number of furan rings is 1. The fourth-order valence-electron chi connectivity index (χ4n) is 1.49. The molecule has 6 heteroatoms. The van der Waals surface area contributed by atoms with E-state index in [0.717, 1.165) is 0 Å². The Morgan fingerprint density at radius 1 is 1.44 bits per heavy atom. The second-order valence-electron chi connectivity index (χ2n) is 4.12. The minimum Gasteiger partial charge on any atom is -0.480 e. The van der Waals surface area contributed by atoms with Gasteiger partial charge in [-0.05, 0) is 32.2 Å². The molecule has 1 aromatic heterocycles. The van der Waals surface area contributed by atoms with Crippen molar-refractivity contribution in [1.82, 2.24) is 4.90 Å². The molecule has 1 amide bonds. The Bertz CT molecular complexity index is 427. The summed E-state index contributed by atoms with van der Waals surface area (Å²) in [5.41, 5.74) is 0. The number of nitrogens with zero attached hydrogens (tertiary/aromatic N) is 1. The normalized spacial score (nSPS) is 10.7. The molecule has 0 aliphatic heterocycles. The fourth-order valence-corrected chi connectivity index (χ4v) is 1.93. The smallest absolute Gasteiger partial charge is 0.323 e. The van der Waals surface area contributed by atoms with Crippen molar-refractivity contribution in [2.45, 2.75) is 25.6 Å². The van der Waals surface area contributed by atoms with E-state index in [-0.39, 0.29) is 24.3 Å². The molecule has 5 nitrogen and oxygen atoms in total. The summed E-state index contributed by atoms with van der Waals surface area (Å²) < 4.78 is 5.39. The van der Waals surface area contributed by atoms with E-state index < -0.39 is 5.97 Å². The Labute approximate surface area is 110 Å². The molecule has 1 rings (SSSR count). The highest BCUT2D eigenvalue weighted by atomic mass is 32.2. The van der Waals surface area contributed by atoms with Crippen LogP contribution in [-0.4, -0.2) is 40.7 Å². The van der Waals surface area contributed by atoms with E-state index in [1.165, 1.54) is 4.90 Å². The van der Waals surface area contributed by atoms with Gasteiger partial charge in [-0.1, -0.05) is 0 Å². The van der Waals surface area contributed by atoms with Crippen LogP contribution in [0.15, 0.2) is 16.5 Å². The standard InChI is InChI=1S/C12H17NO4S/c1-8(2)13(6-11(14)15)12(16)10-5-4-9(17-10)7-18-3/h4-5,8H,6-7H2,1-3H3,(H,14,15). The van der Waals surface area contributed by atoms with E-state index in [9.17, 15) is 9.59 Å². The number of rotatable bonds is 6. The van der Waals surface area contributed by atoms with Crippen LogP contribution in [0.4, 0.5) is 0 Å². The predicted molar refractivity (Wildman–Crippen MR) is 69.7 cm³/mol.